The molecular formula is C30H33FN4O5S. The van der Waals surface area contributed by atoms with Crippen molar-refractivity contribution in [1.29, 1.82) is 0 Å². The standard InChI is InChI=1S/C30H33FN4O5S/c1-30(2,3)28-26-27(18-6-11-22-23(13-18)40-17-39-22)41-16-25(37)34(15-24(36)32-14-21-5-4-12-38-21)29(26)35(33-28)20-9-7-19(31)8-10-20/h6-11,13,21,27H,4-5,12,14-17H2,1-3H3,(H,32,36)/t21-,27-/m0/s1. The highest BCUT2D eigenvalue weighted by molar-refractivity contribution is 8.00. The van der Waals surface area contributed by atoms with Crippen molar-refractivity contribution in [2.75, 3.05) is 37.1 Å². The Kier molecular flexibility index (Phi) is 7.41. The van der Waals surface area contributed by atoms with Gasteiger partial charge in [-0.05, 0) is 54.8 Å². The maximum Gasteiger partial charge on any atom is 0.240 e. The maximum absolute atomic E-state index is 13.9. The minimum Gasteiger partial charge on any atom is -0.454 e. The van der Waals surface area contributed by atoms with E-state index in [-0.39, 0.29) is 48.1 Å². The molecule has 216 valence electrons. The molecule has 1 saturated heterocycles. The Balaban J connectivity index is 1.48. The largest absolute Gasteiger partial charge is 0.454 e. The fourth-order valence-electron chi connectivity index (χ4n) is 5.41. The number of thioether (sulfide) groups is 1. The van der Waals surface area contributed by atoms with Crippen LogP contribution < -0.4 is 19.7 Å². The molecule has 0 aliphatic carbocycles. The third-order valence-corrected chi connectivity index (χ3v) is 8.68. The fraction of sp³-hybridized carbons (Fsp3) is 0.433. The summed E-state index contributed by atoms with van der Waals surface area (Å²) in [5, 5.41) is 7.69. The molecule has 2 atom stereocenters. The summed E-state index contributed by atoms with van der Waals surface area (Å²) >= 11 is 1.49. The number of ether oxygens (including phenoxy) is 3. The van der Waals surface area contributed by atoms with E-state index >= 15 is 0 Å². The lowest BCUT2D eigenvalue weighted by Gasteiger charge is -2.25. The van der Waals surface area contributed by atoms with Crippen LogP contribution in [0, 0.1) is 5.82 Å². The molecule has 11 heteroatoms. The van der Waals surface area contributed by atoms with E-state index in [9.17, 15) is 14.0 Å². The van der Waals surface area contributed by atoms with Crippen LogP contribution in [0.1, 0.15) is 55.7 Å². The van der Waals surface area contributed by atoms with E-state index in [2.05, 4.69) is 26.1 Å². The minimum absolute atomic E-state index is 0.0162. The molecule has 2 amide bonds. The van der Waals surface area contributed by atoms with Crippen molar-refractivity contribution in [3.8, 4) is 17.2 Å². The van der Waals surface area contributed by atoms with Gasteiger partial charge in [-0.2, -0.15) is 5.10 Å². The summed E-state index contributed by atoms with van der Waals surface area (Å²) in [5.74, 6) is 1.11. The fourth-order valence-corrected chi connectivity index (χ4v) is 6.60. The molecule has 2 aromatic carbocycles. The van der Waals surface area contributed by atoms with Gasteiger partial charge < -0.3 is 19.5 Å². The molecule has 41 heavy (non-hydrogen) atoms. The summed E-state index contributed by atoms with van der Waals surface area (Å²) in [5.41, 5.74) is 2.73. The minimum atomic E-state index is -0.411. The van der Waals surface area contributed by atoms with Gasteiger partial charge in [0.25, 0.3) is 0 Å². The molecule has 0 radical (unpaired) electrons. The number of nitrogens with one attached hydrogen (secondary N) is 1. The van der Waals surface area contributed by atoms with Crippen molar-refractivity contribution in [2.45, 2.75) is 50.4 Å². The highest BCUT2D eigenvalue weighted by Crippen LogP contribution is 2.49. The van der Waals surface area contributed by atoms with Crippen LogP contribution in [0.15, 0.2) is 42.5 Å². The molecule has 3 aromatic rings. The Morgan fingerprint density at radius 2 is 1.93 bits per heavy atom. The topological polar surface area (TPSA) is 94.9 Å². The Bertz CT molecular complexity index is 1460. The van der Waals surface area contributed by atoms with Gasteiger partial charge >= 0.3 is 0 Å². The quantitative estimate of drug-likeness (QED) is 0.459. The van der Waals surface area contributed by atoms with Crippen LogP contribution in [0.4, 0.5) is 10.2 Å². The second-order valence-corrected chi connectivity index (χ2v) is 12.5. The average molecular weight is 581 g/mol. The van der Waals surface area contributed by atoms with Gasteiger partial charge in [-0.3, -0.25) is 14.5 Å². The van der Waals surface area contributed by atoms with Crippen LogP contribution in [0.25, 0.3) is 5.69 Å². The molecule has 9 nitrogen and oxygen atoms in total. The number of hydrogen-bond donors (Lipinski definition) is 1. The summed E-state index contributed by atoms with van der Waals surface area (Å²) in [4.78, 5) is 28.5. The van der Waals surface area contributed by atoms with Crippen molar-refractivity contribution >= 4 is 29.4 Å². The van der Waals surface area contributed by atoms with E-state index in [1.807, 2.05) is 18.2 Å². The van der Waals surface area contributed by atoms with Crippen LogP contribution >= 0.6 is 11.8 Å². The smallest absolute Gasteiger partial charge is 0.240 e. The lowest BCUT2D eigenvalue weighted by atomic mass is 9.87. The molecule has 1 aromatic heterocycles. The van der Waals surface area contributed by atoms with Gasteiger partial charge in [0.2, 0.25) is 18.6 Å². The number of hydrogen-bond acceptors (Lipinski definition) is 7. The van der Waals surface area contributed by atoms with Gasteiger partial charge in [0.15, 0.2) is 11.5 Å². The number of fused-ring (bicyclic) bond motifs is 2. The Morgan fingerprint density at radius 3 is 2.66 bits per heavy atom. The zero-order valence-electron chi connectivity index (χ0n) is 23.3. The number of aromatic nitrogens is 2. The number of halogens is 1. The first kappa shape index (κ1) is 27.6. The van der Waals surface area contributed by atoms with Crippen molar-refractivity contribution in [3.63, 3.8) is 0 Å². The number of anilines is 1. The van der Waals surface area contributed by atoms with Crippen molar-refractivity contribution in [3.05, 3.63) is 65.1 Å². The predicted octanol–water partition coefficient (Wildman–Crippen LogP) is 4.50. The third-order valence-electron chi connectivity index (χ3n) is 7.42. The maximum atomic E-state index is 13.9. The van der Waals surface area contributed by atoms with Crippen molar-refractivity contribution in [2.24, 2.45) is 0 Å². The molecular weight excluding hydrogens is 547 g/mol. The molecule has 6 rings (SSSR count). The predicted molar refractivity (Wildman–Crippen MR) is 153 cm³/mol. The lowest BCUT2D eigenvalue weighted by molar-refractivity contribution is -0.123. The van der Waals surface area contributed by atoms with Crippen molar-refractivity contribution < 1.29 is 28.2 Å². The van der Waals surface area contributed by atoms with Crippen LogP contribution in [-0.4, -0.2) is 59.9 Å². The zero-order chi connectivity index (χ0) is 28.7. The molecule has 0 unspecified atom stereocenters. The number of benzene rings is 2. The molecule has 1 N–H and O–H groups in total. The van der Waals surface area contributed by atoms with E-state index < -0.39 is 5.41 Å². The summed E-state index contributed by atoms with van der Waals surface area (Å²) in [6.45, 7) is 7.27. The molecule has 3 aliphatic rings. The Morgan fingerprint density at radius 1 is 1.15 bits per heavy atom. The highest BCUT2D eigenvalue weighted by atomic mass is 32.2. The lowest BCUT2D eigenvalue weighted by Crippen LogP contribution is -2.44. The normalized spacial score (nSPS) is 20.2. The van der Waals surface area contributed by atoms with Crippen LogP contribution in [0.3, 0.4) is 0 Å². The number of nitrogens with zero attached hydrogens (tertiary/aromatic N) is 3. The number of carbonyl (C=O) groups is 2. The van der Waals surface area contributed by atoms with Crippen LogP contribution in [0.5, 0.6) is 11.5 Å². The first-order valence-electron chi connectivity index (χ1n) is 13.8. The Labute approximate surface area is 242 Å². The van der Waals surface area contributed by atoms with Gasteiger partial charge in [0.1, 0.15) is 18.2 Å². The molecule has 0 bridgehead atoms. The summed E-state index contributed by atoms with van der Waals surface area (Å²) in [6.07, 6.45) is 1.85. The van der Waals surface area contributed by atoms with E-state index in [1.54, 1.807) is 16.8 Å². The van der Waals surface area contributed by atoms with E-state index in [1.165, 1.54) is 28.8 Å². The van der Waals surface area contributed by atoms with E-state index in [0.29, 0.717) is 36.2 Å². The second-order valence-electron chi connectivity index (χ2n) is 11.4. The van der Waals surface area contributed by atoms with Crippen LogP contribution in [0.2, 0.25) is 0 Å². The monoisotopic (exact) mass is 580 g/mol. The van der Waals surface area contributed by atoms with Crippen LogP contribution in [-0.2, 0) is 19.7 Å². The molecule has 0 spiro atoms. The second kappa shape index (κ2) is 11.0. The average Bonchev–Trinajstić information content (AvgIpc) is 3.69. The van der Waals surface area contributed by atoms with Gasteiger partial charge in [-0.25, -0.2) is 9.07 Å². The van der Waals surface area contributed by atoms with Gasteiger partial charge in [0, 0.05) is 24.1 Å². The zero-order valence-corrected chi connectivity index (χ0v) is 24.1. The van der Waals surface area contributed by atoms with Crippen molar-refractivity contribution in [1.82, 2.24) is 15.1 Å². The summed E-state index contributed by atoms with van der Waals surface area (Å²) in [6, 6.07) is 11.8. The molecule has 1 fully saturated rings. The molecule has 4 heterocycles. The third kappa shape index (κ3) is 5.52. The first-order chi connectivity index (χ1) is 19.7. The summed E-state index contributed by atoms with van der Waals surface area (Å²) in [7, 11) is 0. The highest BCUT2D eigenvalue weighted by Gasteiger charge is 2.40. The molecule has 0 saturated carbocycles. The number of carbonyl (C=O) groups excluding carboxylic acids is 2. The Hall–Kier alpha value is -3.57. The molecule has 3 aliphatic heterocycles. The number of rotatable bonds is 6. The SMILES string of the molecule is CC(C)(C)c1nn(-c2ccc(F)cc2)c2c1[C@H](c1ccc3c(c1)OCO3)SCC(=O)N2CC(=O)NC[C@@H]1CCCO1. The van der Waals surface area contributed by atoms with Gasteiger partial charge in [-0.15, -0.1) is 11.8 Å². The first-order valence-corrected chi connectivity index (χ1v) is 14.8. The summed E-state index contributed by atoms with van der Waals surface area (Å²) < 4.78 is 32.5. The van der Waals surface area contributed by atoms with E-state index in [4.69, 9.17) is 19.3 Å². The van der Waals surface area contributed by atoms with E-state index in [0.717, 1.165) is 29.7 Å². The van der Waals surface area contributed by atoms with Gasteiger partial charge in [0.05, 0.1) is 28.5 Å². The number of amides is 2. The van der Waals surface area contributed by atoms with Gasteiger partial charge in [-0.1, -0.05) is 26.8 Å².